The Morgan fingerprint density at radius 3 is 2.65 bits per heavy atom. The Bertz CT molecular complexity index is 925. The van der Waals surface area contributed by atoms with Crippen LogP contribution in [0.4, 0.5) is 0 Å². The van der Waals surface area contributed by atoms with Gasteiger partial charge >= 0.3 is 5.97 Å². The fraction of sp³-hybridized carbons (Fsp3) is 0.560. The lowest BCUT2D eigenvalue weighted by molar-refractivity contribution is -0.149. The number of hydrogen-bond donors (Lipinski definition) is 0. The molecule has 1 saturated heterocycles. The molecule has 1 aromatic carbocycles. The van der Waals surface area contributed by atoms with Crippen LogP contribution in [0.25, 0.3) is 0 Å². The first kappa shape index (κ1) is 22.3. The van der Waals surface area contributed by atoms with Crippen molar-refractivity contribution in [3.05, 3.63) is 41.1 Å². The highest BCUT2D eigenvalue weighted by Gasteiger charge is 2.46. The Labute approximate surface area is 188 Å². The third-order valence-corrected chi connectivity index (χ3v) is 7.21. The quantitative estimate of drug-likeness (QED) is 0.478. The molecule has 1 aromatic rings. The molecule has 2 heterocycles. The van der Waals surface area contributed by atoms with Crippen LogP contribution >= 0.6 is 11.8 Å². The summed E-state index contributed by atoms with van der Waals surface area (Å²) in [5, 5.41) is 0. The van der Waals surface area contributed by atoms with Gasteiger partial charge in [-0.15, -0.1) is 11.8 Å². The van der Waals surface area contributed by atoms with Crippen molar-refractivity contribution in [2.24, 2.45) is 16.3 Å². The van der Waals surface area contributed by atoms with Crippen LogP contribution < -0.4 is 0 Å². The molecule has 0 saturated carbocycles. The number of nitrogens with zero attached hydrogens (tertiary/aromatic N) is 1. The van der Waals surface area contributed by atoms with Gasteiger partial charge in [-0.3, -0.25) is 14.6 Å². The number of ketones is 1. The third-order valence-electron chi connectivity index (χ3n) is 6.47. The molecule has 4 rings (SSSR count). The molecule has 0 radical (unpaired) electrons. The summed E-state index contributed by atoms with van der Waals surface area (Å²) >= 11 is 1.67. The number of ether oxygens (including phenoxy) is 2. The van der Waals surface area contributed by atoms with E-state index in [1.54, 1.807) is 11.8 Å². The van der Waals surface area contributed by atoms with Gasteiger partial charge in [0.15, 0.2) is 5.78 Å². The average molecular weight is 442 g/mol. The molecule has 3 atom stereocenters. The van der Waals surface area contributed by atoms with Crippen molar-refractivity contribution in [1.29, 1.82) is 0 Å². The van der Waals surface area contributed by atoms with E-state index in [0.717, 1.165) is 47.7 Å². The Balaban J connectivity index is 1.70. The van der Waals surface area contributed by atoms with Gasteiger partial charge in [0.25, 0.3) is 0 Å². The van der Waals surface area contributed by atoms with Crippen molar-refractivity contribution in [2.45, 2.75) is 63.4 Å². The normalized spacial score (nSPS) is 27.7. The smallest absolute Gasteiger partial charge is 0.315 e. The van der Waals surface area contributed by atoms with Crippen LogP contribution in [0.15, 0.2) is 45.4 Å². The highest BCUT2D eigenvalue weighted by molar-refractivity contribution is 7.98. The van der Waals surface area contributed by atoms with Crippen LogP contribution in [0, 0.1) is 11.3 Å². The van der Waals surface area contributed by atoms with E-state index in [1.807, 2.05) is 37.4 Å². The number of Topliss-reactive ketones (excluding diaryl/α,β-unsaturated/α-hetero) is 1. The molecule has 1 unspecified atom stereocenters. The van der Waals surface area contributed by atoms with Crippen molar-refractivity contribution in [2.75, 3.05) is 19.5 Å². The van der Waals surface area contributed by atoms with Crippen LogP contribution in [0.2, 0.25) is 0 Å². The Kier molecular flexibility index (Phi) is 6.40. The number of carbonyl (C=O) groups excluding carboxylic acids is 2. The summed E-state index contributed by atoms with van der Waals surface area (Å²) in [5.74, 6) is -1.17. The minimum Gasteiger partial charge on any atom is -0.462 e. The number of thioether (sulfide) groups is 1. The van der Waals surface area contributed by atoms with Crippen molar-refractivity contribution in [3.63, 3.8) is 0 Å². The summed E-state index contributed by atoms with van der Waals surface area (Å²) in [4.78, 5) is 32.5. The molecule has 0 N–H and O–H groups in total. The number of esters is 1. The zero-order valence-electron chi connectivity index (χ0n) is 18.8. The SMILES string of the molecule is CSc1ccc([C@H]2C3=C(CC(C)(C)CC3=O)N=C(C)C2C(=O)OC[C@H]2CCCO2)cc1. The lowest BCUT2D eigenvalue weighted by Gasteiger charge is -2.39. The van der Waals surface area contributed by atoms with E-state index < -0.39 is 5.92 Å². The minimum atomic E-state index is -0.592. The summed E-state index contributed by atoms with van der Waals surface area (Å²) in [7, 11) is 0. The molecule has 31 heavy (non-hydrogen) atoms. The average Bonchev–Trinajstić information content (AvgIpc) is 3.24. The maximum absolute atomic E-state index is 13.3. The standard InChI is InChI=1S/C25H31NO4S/c1-15-21(24(28)30-14-17-6-5-11-29-17)22(16-7-9-18(31-4)10-8-16)23-19(26-15)12-25(2,3)13-20(23)27/h7-10,17,21-22H,5-6,11-14H2,1-4H3/t17-,21?,22-/m1/s1. The second kappa shape index (κ2) is 8.91. The first-order valence-electron chi connectivity index (χ1n) is 11.0. The van der Waals surface area contributed by atoms with Crippen molar-refractivity contribution >= 4 is 29.2 Å². The molecular formula is C25H31NO4S. The summed E-state index contributed by atoms with van der Waals surface area (Å²) in [6, 6.07) is 8.17. The van der Waals surface area contributed by atoms with Crippen molar-refractivity contribution in [3.8, 4) is 0 Å². The molecule has 0 aromatic heterocycles. The number of carbonyl (C=O) groups is 2. The number of hydrogen-bond acceptors (Lipinski definition) is 6. The molecule has 5 nitrogen and oxygen atoms in total. The largest absolute Gasteiger partial charge is 0.462 e. The number of rotatable bonds is 5. The molecule has 0 bridgehead atoms. The molecule has 6 heteroatoms. The van der Waals surface area contributed by atoms with E-state index in [-0.39, 0.29) is 35.8 Å². The van der Waals surface area contributed by atoms with Crippen molar-refractivity contribution < 1.29 is 19.1 Å². The third kappa shape index (κ3) is 4.65. The van der Waals surface area contributed by atoms with Crippen LogP contribution in [0.1, 0.15) is 57.9 Å². The van der Waals surface area contributed by atoms with E-state index >= 15 is 0 Å². The zero-order chi connectivity index (χ0) is 22.2. The van der Waals surface area contributed by atoms with Gasteiger partial charge in [0.05, 0.1) is 6.10 Å². The van der Waals surface area contributed by atoms with Crippen LogP contribution in [-0.4, -0.2) is 43.0 Å². The predicted octanol–water partition coefficient (Wildman–Crippen LogP) is 4.95. The molecule has 0 spiro atoms. The van der Waals surface area contributed by atoms with E-state index in [0.29, 0.717) is 12.0 Å². The molecule has 1 aliphatic carbocycles. The molecule has 166 valence electrons. The van der Waals surface area contributed by atoms with E-state index in [1.165, 1.54) is 0 Å². The Hall–Kier alpha value is -1.92. The van der Waals surface area contributed by atoms with Crippen LogP contribution in [0.5, 0.6) is 0 Å². The van der Waals surface area contributed by atoms with E-state index in [4.69, 9.17) is 14.5 Å². The molecule has 0 amide bonds. The monoisotopic (exact) mass is 441 g/mol. The number of benzene rings is 1. The summed E-state index contributed by atoms with van der Waals surface area (Å²) in [5.41, 5.74) is 3.09. The van der Waals surface area contributed by atoms with Gasteiger partial charge < -0.3 is 9.47 Å². The second-order valence-corrected chi connectivity index (χ2v) is 10.4. The zero-order valence-corrected chi connectivity index (χ0v) is 19.6. The van der Waals surface area contributed by atoms with E-state index in [9.17, 15) is 9.59 Å². The van der Waals surface area contributed by atoms with Gasteiger partial charge in [0, 0.05) is 40.8 Å². The first-order valence-corrected chi connectivity index (χ1v) is 12.2. The fourth-order valence-corrected chi connectivity index (χ4v) is 5.37. The number of allylic oxidation sites excluding steroid dienone is 2. The molecule has 3 aliphatic rings. The lowest BCUT2D eigenvalue weighted by atomic mass is 9.67. The lowest BCUT2D eigenvalue weighted by Crippen LogP contribution is -2.40. The van der Waals surface area contributed by atoms with Gasteiger partial charge in [0.1, 0.15) is 12.5 Å². The topological polar surface area (TPSA) is 65.0 Å². The Morgan fingerprint density at radius 1 is 1.26 bits per heavy atom. The van der Waals surface area contributed by atoms with Gasteiger partial charge in [0.2, 0.25) is 0 Å². The van der Waals surface area contributed by atoms with Gasteiger partial charge in [-0.05, 0) is 55.6 Å². The summed E-state index contributed by atoms with van der Waals surface area (Å²) in [6.07, 6.45) is 5.12. The van der Waals surface area contributed by atoms with Gasteiger partial charge in [-0.1, -0.05) is 26.0 Å². The van der Waals surface area contributed by atoms with E-state index in [2.05, 4.69) is 13.8 Å². The summed E-state index contributed by atoms with van der Waals surface area (Å²) in [6.45, 7) is 7.06. The maximum Gasteiger partial charge on any atom is 0.315 e. The van der Waals surface area contributed by atoms with Crippen LogP contribution in [0.3, 0.4) is 0 Å². The molecule has 1 fully saturated rings. The van der Waals surface area contributed by atoms with Gasteiger partial charge in [-0.25, -0.2) is 0 Å². The minimum absolute atomic E-state index is 0.0315. The summed E-state index contributed by atoms with van der Waals surface area (Å²) < 4.78 is 11.3. The maximum atomic E-state index is 13.3. The highest BCUT2D eigenvalue weighted by atomic mass is 32.2. The number of aliphatic imine (C=N–C) groups is 1. The van der Waals surface area contributed by atoms with Gasteiger partial charge in [-0.2, -0.15) is 0 Å². The Morgan fingerprint density at radius 2 is 2.00 bits per heavy atom. The van der Waals surface area contributed by atoms with Crippen LogP contribution in [-0.2, 0) is 19.1 Å². The second-order valence-electron chi connectivity index (χ2n) is 9.55. The fourth-order valence-electron chi connectivity index (χ4n) is 4.96. The highest BCUT2D eigenvalue weighted by Crippen LogP contribution is 2.48. The van der Waals surface area contributed by atoms with Crippen molar-refractivity contribution in [1.82, 2.24) is 0 Å². The first-order chi connectivity index (χ1) is 14.8. The molecular weight excluding hydrogens is 410 g/mol. The molecule has 2 aliphatic heterocycles. The predicted molar refractivity (Wildman–Crippen MR) is 123 cm³/mol.